The number of methoxy groups -OCH3 is 2. The quantitative estimate of drug-likeness (QED) is 0.878. The fraction of sp³-hybridized carbons (Fsp3) is 0.381. The van der Waals surface area contributed by atoms with Crippen molar-refractivity contribution in [3.63, 3.8) is 0 Å². The lowest BCUT2D eigenvalue weighted by atomic mass is 10.1. The molecule has 0 unspecified atom stereocenters. The molecule has 3 rings (SSSR count). The smallest absolute Gasteiger partial charge is 0.259 e. The maximum atomic E-state index is 12.7. The zero-order valence-electron chi connectivity index (χ0n) is 16.4. The summed E-state index contributed by atoms with van der Waals surface area (Å²) in [6.45, 7) is 6.25. The second-order valence-corrected chi connectivity index (χ2v) is 6.81. The minimum Gasteiger partial charge on any atom is -0.497 e. The summed E-state index contributed by atoms with van der Waals surface area (Å²) in [7, 11) is 5.27. The van der Waals surface area contributed by atoms with Gasteiger partial charge in [-0.3, -0.25) is 4.79 Å². The van der Waals surface area contributed by atoms with E-state index in [1.165, 1.54) is 5.69 Å². The highest BCUT2D eigenvalue weighted by Crippen LogP contribution is 2.27. The molecule has 6 heteroatoms. The van der Waals surface area contributed by atoms with E-state index >= 15 is 0 Å². The SMILES string of the molecule is COc1ccc(C(=O)Nc2ccc(N3CCN(C)CC3)c(C)c2)c(OC)c1. The van der Waals surface area contributed by atoms with E-state index in [1.807, 2.05) is 12.1 Å². The van der Waals surface area contributed by atoms with Crippen LogP contribution in [0.25, 0.3) is 0 Å². The standard InChI is InChI=1S/C21H27N3O3/c1-15-13-16(5-8-19(15)24-11-9-23(2)10-12-24)22-21(25)18-7-6-17(26-3)14-20(18)27-4/h5-8,13-14H,9-12H2,1-4H3,(H,22,25). The number of benzene rings is 2. The van der Waals surface area contributed by atoms with Gasteiger partial charge in [0, 0.05) is 43.6 Å². The number of aryl methyl sites for hydroxylation is 1. The molecule has 2 aromatic rings. The summed E-state index contributed by atoms with van der Waals surface area (Å²) in [6, 6.07) is 11.2. The van der Waals surface area contributed by atoms with Gasteiger partial charge in [0.1, 0.15) is 11.5 Å². The van der Waals surface area contributed by atoms with Crippen molar-refractivity contribution >= 4 is 17.3 Å². The number of hydrogen-bond acceptors (Lipinski definition) is 5. The van der Waals surface area contributed by atoms with Gasteiger partial charge in [0.2, 0.25) is 0 Å². The largest absolute Gasteiger partial charge is 0.497 e. The Morgan fingerprint density at radius 1 is 1.00 bits per heavy atom. The summed E-state index contributed by atoms with van der Waals surface area (Å²) in [5, 5.41) is 2.96. The van der Waals surface area contributed by atoms with Crippen molar-refractivity contribution in [1.29, 1.82) is 0 Å². The molecule has 0 spiro atoms. The minimum absolute atomic E-state index is 0.207. The molecule has 1 aliphatic rings. The molecular formula is C21H27N3O3. The number of rotatable bonds is 5. The highest BCUT2D eigenvalue weighted by Gasteiger charge is 2.17. The van der Waals surface area contributed by atoms with Crippen LogP contribution in [0.3, 0.4) is 0 Å². The van der Waals surface area contributed by atoms with Crippen molar-refractivity contribution in [2.24, 2.45) is 0 Å². The topological polar surface area (TPSA) is 54.0 Å². The van der Waals surface area contributed by atoms with E-state index in [0.29, 0.717) is 17.1 Å². The summed E-state index contributed by atoms with van der Waals surface area (Å²) in [5.74, 6) is 0.926. The fourth-order valence-electron chi connectivity index (χ4n) is 3.32. The van der Waals surface area contributed by atoms with E-state index in [4.69, 9.17) is 9.47 Å². The molecule has 1 amide bonds. The third-order valence-electron chi connectivity index (χ3n) is 4.95. The highest BCUT2D eigenvalue weighted by atomic mass is 16.5. The Bertz CT molecular complexity index is 814. The summed E-state index contributed by atoms with van der Waals surface area (Å²) in [5.41, 5.74) is 3.62. The second-order valence-electron chi connectivity index (χ2n) is 6.81. The summed E-state index contributed by atoms with van der Waals surface area (Å²) in [4.78, 5) is 17.4. The molecule has 1 aliphatic heterocycles. The van der Waals surface area contributed by atoms with Gasteiger partial charge in [-0.2, -0.15) is 0 Å². The van der Waals surface area contributed by atoms with Gasteiger partial charge < -0.3 is 24.6 Å². The first-order valence-electron chi connectivity index (χ1n) is 9.09. The molecular weight excluding hydrogens is 342 g/mol. The summed E-state index contributed by atoms with van der Waals surface area (Å²) >= 11 is 0. The number of hydrogen-bond donors (Lipinski definition) is 1. The van der Waals surface area contributed by atoms with Gasteiger partial charge in [0.25, 0.3) is 5.91 Å². The van der Waals surface area contributed by atoms with Crippen molar-refractivity contribution in [2.75, 3.05) is 57.7 Å². The van der Waals surface area contributed by atoms with Crippen LogP contribution in [0.1, 0.15) is 15.9 Å². The Morgan fingerprint density at radius 3 is 2.37 bits per heavy atom. The van der Waals surface area contributed by atoms with Crippen LogP contribution in [-0.2, 0) is 0 Å². The number of carbonyl (C=O) groups excluding carboxylic acids is 1. The van der Waals surface area contributed by atoms with Crippen molar-refractivity contribution < 1.29 is 14.3 Å². The maximum absolute atomic E-state index is 12.7. The molecule has 1 N–H and O–H groups in total. The summed E-state index contributed by atoms with van der Waals surface area (Å²) in [6.07, 6.45) is 0. The molecule has 0 aromatic heterocycles. The van der Waals surface area contributed by atoms with Crippen LogP contribution in [0, 0.1) is 6.92 Å². The van der Waals surface area contributed by atoms with Crippen LogP contribution in [0.5, 0.6) is 11.5 Å². The van der Waals surface area contributed by atoms with Crippen molar-refractivity contribution in [1.82, 2.24) is 4.90 Å². The predicted octanol–water partition coefficient (Wildman–Crippen LogP) is 3.02. The maximum Gasteiger partial charge on any atom is 0.259 e. The van der Waals surface area contributed by atoms with E-state index in [9.17, 15) is 4.79 Å². The number of amides is 1. The van der Waals surface area contributed by atoms with Gasteiger partial charge in [0.05, 0.1) is 19.8 Å². The Kier molecular flexibility index (Phi) is 5.86. The molecule has 2 aromatic carbocycles. The van der Waals surface area contributed by atoms with Crippen LogP contribution in [0.4, 0.5) is 11.4 Å². The van der Waals surface area contributed by atoms with Gasteiger partial charge in [-0.1, -0.05) is 0 Å². The number of anilines is 2. The first-order chi connectivity index (χ1) is 13.0. The lowest BCUT2D eigenvalue weighted by molar-refractivity contribution is 0.102. The Morgan fingerprint density at radius 2 is 1.74 bits per heavy atom. The third kappa shape index (κ3) is 4.34. The average Bonchev–Trinajstić information content (AvgIpc) is 2.68. The fourth-order valence-corrected chi connectivity index (χ4v) is 3.32. The molecule has 1 fully saturated rings. The first-order valence-corrected chi connectivity index (χ1v) is 9.09. The van der Waals surface area contributed by atoms with E-state index < -0.39 is 0 Å². The predicted molar refractivity (Wildman–Crippen MR) is 108 cm³/mol. The second kappa shape index (κ2) is 8.31. The average molecular weight is 369 g/mol. The number of likely N-dealkylation sites (N-methyl/N-ethyl adjacent to an activating group) is 1. The van der Waals surface area contributed by atoms with Gasteiger partial charge >= 0.3 is 0 Å². The van der Waals surface area contributed by atoms with E-state index in [-0.39, 0.29) is 5.91 Å². The van der Waals surface area contributed by atoms with E-state index in [0.717, 1.165) is 37.4 Å². The molecule has 0 bridgehead atoms. The number of ether oxygens (including phenoxy) is 2. The number of nitrogens with zero attached hydrogens (tertiary/aromatic N) is 2. The van der Waals surface area contributed by atoms with Crippen LogP contribution < -0.4 is 19.7 Å². The van der Waals surface area contributed by atoms with Crippen LogP contribution >= 0.6 is 0 Å². The lowest BCUT2D eigenvalue weighted by Crippen LogP contribution is -2.44. The van der Waals surface area contributed by atoms with Crippen molar-refractivity contribution in [2.45, 2.75) is 6.92 Å². The minimum atomic E-state index is -0.207. The molecule has 0 aliphatic carbocycles. The zero-order valence-corrected chi connectivity index (χ0v) is 16.4. The van der Waals surface area contributed by atoms with Crippen molar-refractivity contribution in [3.05, 3.63) is 47.5 Å². The van der Waals surface area contributed by atoms with Crippen LogP contribution in [-0.4, -0.2) is 58.3 Å². The monoisotopic (exact) mass is 369 g/mol. The number of piperazine rings is 1. The third-order valence-corrected chi connectivity index (χ3v) is 4.95. The molecule has 0 saturated carbocycles. The molecule has 6 nitrogen and oxygen atoms in total. The highest BCUT2D eigenvalue weighted by molar-refractivity contribution is 6.06. The Labute approximate surface area is 160 Å². The Balaban J connectivity index is 1.74. The Hall–Kier alpha value is -2.73. The van der Waals surface area contributed by atoms with Gasteiger partial charge in [-0.15, -0.1) is 0 Å². The van der Waals surface area contributed by atoms with Gasteiger partial charge in [0.15, 0.2) is 0 Å². The molecule has 0 radical (unpaired) electrons. The number of carbonyl (C=O) groups is 1. The number of nitrogens with one attached hydrogen (secondary N) is 1. The van der Waals surface area contributed by atoms with Crippen LogP contribution in [0.15, 0.2) is 36.4 Å². The zero-order chi connectivity index (χ0) is 19.4. The van der Waals surface area contributed by atoms with E-state index in [1.54, 1.807) is 32.4 Å². The summed E-state index contributed by atoms with van der Waals surface area (Å²) < 4.78 is 10.5. The van der Waals surface area contributed by atoms with E-state index in [2.05, 4.69) is 35.2 Å². The first kappa shape index (κ1) is 19.0. The lowest BCUT2D eigenvalue weighted by Gasteiger charge is -2.35. The molecule has 27 heavy (non-hydrogen) atoms. The molecule has 144 valence electrons. The molecule has 0 atom stereocenters. The van der Waals surface area contributed by atoms with Crippen LogP contribution in [0.2, 0.25) is 0 Å². The molecule has 1 saturated heterocycles. The van der Waals surface area contributed by atoms with Crippen molar-refractivity contribution in [3.8, 4) is 11.5 Å². The molecule has 1 heterocycles. The van der Waals surface area contributed by atoms with Gasteiger partial charge in [-0.25, -0.2) is 0 Å². The normalized spacial score (nSPS) is 14.7. The van der Waals surface area contributed by atoms with Gasteiger partial charge in [-0.05, 0) is 49.9 Å².